The summed E-state index contributed by atoms with van der Waals surface area (Å²) in [5.41, 5.74) is 1.04. The van der Waals surface area contributed by atoms with Crippen molar-refractivity contribution in [2.45, 2.75) is 11.8 Å². The van der Waals surface area contributed by atoms with Crippen LogP contribution in [0.4, 0.5) is 5.69 Å². The van der Waals surface area contributed by atoms with Gasteiger partial charge in [0.15, 0.2) is 0 Å². The van der Waals surface area contributed by atoms with E-state index in [9.17, 15) is 14.9 Å². The van der Waals surface area contributed by atoms with Gasteiger partial charge in [0.25, 0.3) is 5.69 Å². The van der Waals surface area contributed by atoms with Crippen LogP contribution in [0, 0.1) is 10.1 Å². The highest BCUT2D eigenvalue weighted by molar-refractivity contribution is 8.00. The third-order valence-corrected chi connectivity index (χ3v) is 6.08. The highest BCUT2D eigenvalue weighted by Gasteiger charge is 2.32. The van der Waals surface area contributed by atoms with Crippen LogP contribution in [0.1, 0.15) is 17.4 Å². The second kappa shape index (κ2) is 8.16. The summed E-state index contributed by atoms with van der Waals surface area (Å²) in [5.74, 6) is 0.641. The van der Waals surface area contributed by atoms with Crippen molar-refractivity contribution >= 4 is 23.4 Å². The zero-order valence-electron chi connectivity index (χ0n) is 14.5. The lowest BCUT2D eigenvalue weighted by Gasteiger charge is -2.33. The van der Waals surface area contributed by atoms with Crippen LogP contribution in [-0.2, 0) is 4.79 Å². The first-order valence-corrected chi connectivity index (χ1v) is 9.66. The minimum atomic E-state index is -0.398. The van der Waals surface area contributed by atoms with Gasteiger partial charge in [0, 0.05) is 44.9 Å². The molecule has 1 aromatic rings. The Morgan fingerprint density at radius 1 is 1.16 bits per heavy atom. The van der Waals surface area contributed by atoms with Crippen LogP contribution < -0.4 is 0 Å². The molecule has 0 saturated carbocycles. The fraction of sp³-hybridized carbons (Fsp3) is 0.588. The van der Waals surface area contributed by atoms with E-state index in [1.807, 2.05) is 4.90 Å². The first kappa shape index (κ1) is 18.2. The number of thioether (sulfide) groups is 1. The summed E-state index contributed by atoms with van der Waals surface area (Å²) in [6.07, 6.45) is 0.958. The smallest absolute Gasteiger partial charge is 0.269 e. The van der Waals surface area contributed by atoms with Crippen molar-refractivity contribution in [3.8, 4) is 0 Å². The van der Waals surface area contributed by atoms with Gasteiger partial charge in [-0.25, -0.2) is 0 Å². The minimum Gasteiger partial charge on any atom is -0.326 e. The molecule has 0 radical (unpaired) electrons. The number of nitrogens with zero attached hydrogens (tertiary/aromatic N) is 4. The van der Waals surface area contributed by atoms with Gasteiger partial charge in [-0.05, 0) is 37.7 Å². The lowest BCUT2D eigenvalue weighted by atomic mass is 10.2. The molecule has 8 heteroatoms. The molecule has 3 rings (SSSR count). The highest BCUT2D eigenvalue weighted by Crippen LogP contribution is 2.39. The number of benzene rings is 1. The van der Waals surface area contributed by atoms with E-state index in [1.165, 1.54) is 12.1 Å². The lowest BCUT2D eigenvalue weighted by molar-refractivity contribution is -0.384. The summed E-state index contributed by atoms with van der Waals surface area (Å²) in [6, 6.07) is 6.56. The topological polar surface area (TPSA) is 69.9 Å². The standard InChI is InChI=1S/C17H24N4O3S/c1-18-9-11-19(12-10-18)7-2-8-20-16(22)13-25-17(20)14-3-5-15(6-4-14)21(23)24/h3-6,17H,2,7-13H2,1H3. The summed E-state index contributed by atoms with van der Waals surface area (Å²) in [5, 5.41) is 10.8. The van der Waals surface area contributed by atoms with Crippen molar-refractivity contribution in [3.63, 3.8) is 0 Å². The van der Waals surface area contributed by atoms with Crippen molar-refractivity contribution < 1.29 is 9.72 Å². The Hall–Kier alpha value is -1.64. The van der Waals surface area contributed by atoms with Gasteiger partial charge in [0.1, 0.15) is 5.37 Å². The maximum Gasteiger partial charge on any atom is 0.269 e. The Bertz CT molecular complexity index is 617. The SMILES string of the molecule is CN1CCN(CCCN2C(=O)CSC2c2ccc([N+](=O)[O-])cc2)CC1. The molecule has 1 aromatic carbocycles. The molecule has 2 fully saturated rings. The van der Waals surface area contributed by atoms with E-state index < -0.39 is 4.92 Å². The van der Waals surface area contributed by atoms with E-state index in [1.54, 1.807) is 23.9 Å². The Kier molecular flexibility index (Phi) is 5.93. The fourth-order valence-electron chi connectivity index (χ4n) is 3.27. The molecule has 2 aliphatic rings. The first-order valence-electron chi connectivity index (χ1n) is 8.61. The quantitative estimate of drug-likeness (QED) is 0.566. The van der Waals surface area contributed by atoms with Crippen LogP contribution >= 0.6 is 11.8 Å². The Morgan fingerprint density at radius 2 is 1.84 bits per heavy atom. The molecule has 0 aliphatic carbocycles. The number of carbonyl (C=O) groups is 1. The second-order valence-corrected chi connectivity index (χ2v) is 7.67. The van der Waals surface area contributed by atoms with Crippen LogP contribution in [0.5, 0.6) is 0 Å². The summed E-state index contributed by atoms with van der Waals surface area (Å²) >= 11 is 1.60. The number of hydrogen-bond donors (Lipinski definition) is 0. The molecule has 1 atom stereocenters. The molecular formula is C17H24N4O3S. The van der Waals surface area contributed by atoms with Crippen molar-refractivity contribution in [2.24, 2.45) is 0 Å². The number of amides is 1. The van der Waals surface area contributed by atoms with Crippen molar-refractivity contribution in [1.82, 2.24) is 14.7 Å². The number of nitro benzene ring substituents is 1. The van der Waals surface area contributed by atoms with Gasteiger partial charge in [0.2, 0.25) is 5.91 Å². The zero-order chi connectivity index (χ0) is 17.8. The number of likely N-dealkylation sites (N-methyl/N-ethyl adjacent to an activating group) is 1. The van der Waals surface area contributed by atoms with Crippen LogP contribution in [0.25, 0.3) is 0 Å². The van der Waals surface area contributed by atoms with Gasteiger partial charge in [-0.2, -0.15) is 0 Å². The summed E-state index contributed by atoms with van der Waals surface area (Å²) < 4.78 is 0. The van der Waals surface area contributed by atoms with Crippen LogP contribution in [0.2, 0.25) is 0 Å². The molecular weight excluding hydrogens is 340 g/mol. The van der Waals surface area contributed by atoms with Crippen LogP contribution in [-0.4, -0.2) is 77.6 Å². The van der Waals surface area contributed by atoms with Crippen molar-refractivity contribution in [1.29, 1.82) is 0 Å². The van der Waals surface area contributed by atoms with E-state index in [4.69, 9.17) is 0 Å². The number of non-ortho nitro benzene ring substituents is 1. The normalized spacial score (nSPS) is 22.5. The summed E-state index contributed by atoms with van der Waals surface area (Å²) in [4.78, 5) is 29.3. The Balaban J connectivity index is 1.55. The third-order valence-electron chi connectivity index (χ3n) is 4.83. The predicted molar refractivity (Wildman–Crippen MR) is 98.6 cm³/mol. The van der Waals surface area contributed by atoms with Gasteiger partial charge in [-0.1, -0.05) is 0 Å². The number of rotatable bonds is 6. The first-order chi connectivity index (χ1) is 12.0. The Morgan fingerprint density at radius 3 is 2.48 bits per heavy atom. The molecule has 0 aromatic heterocycles. The van der Waals surface area contributed by atoms with Gasteiger partial charge in [-0.15, -0.1) is 11.8 Å². The monoisotopic (exact) mass is 364 g/mol. The molecule has 1 unspecified atom stereocenters. The summed E-state index contributed by atoms with van der Waals surface area (Å²) in [7, 11) is 2.15. The van der Waals surface area contributed by atoms with Crippen LogP contribution in [0.15, 0.2) is 24.3 Å². The molecule has 25 heavy (non-hydrogen) atoms. The average Bonchev–Trinajstić information content (AvgIpc) is 2.98. The molecule has 0 bridgehead atoms. The number of carbonyl (C=O) groups excluding carboxylic acids is 1. The van der Waals surface area contributed by atoms with E-state index in [0.29, 0.717) is 5.75 Å². The Labute approximate surface area is 152 Å². The van der Waals surface area contributed by atoms with Crippen molar-refractivity contribution in [2.75, 3.05) is 52.1 Å². The molecule has 1 amide bonds. The molecule has 2 saturated heterocycles. The highest BCUT2D eigenvalue weighted by atomic mass is 32.2. The maximum absolute atomic E-state index is 12.2. The third kappa shape index (κ3) is 4.50. The van der Waals surface area contributed by atoms with Gasteiger partial charge >= 0.3 is 0 Å². The van der Waals surface area contributed by atoms with Gasteiger partial charge in [0.05, 0.1) is 10.7 Å². The number of piperazine rings is 1. The lowest BCUT2D eigenvalue weighted by Crippen LogP contribution is -2.45. The number of nitro groups is 1. The maximum atomic E-state index is 12.2. The van der Waals surface area contributed by atoms with Gasteiger partial charge in [-0.3, -0.25) is 14.9 Å². The molecule has 2 heterocycles. The number of hydrogen-bond acceptors (Lipinski definition) is 6. The van der Waals surface area contributed by atoms with E-state index in [2.05, 4.69) is 16.8 Å². The van der Waals surface area contributed by atoms with E-state index >= 15 is 0 Å². The molecule has 7 nitrogen and oxygen atoms in total. The minimum absolute atomic E-state index is 0.0270. The average molecular weight is 364 g/mol. The summed E-state index contributed by atoms with van der Waals surface area (Å²) in [6.45, 7) is 6.12. The molecule has 136 valence electrons. The van der Waals surface area contributed by atoms with Gasteiger partial charge < -0.3 is 14.7 Å². The second-order valence-electron chi connectivity index (χ2n) is 6.60. The fourth-order valence-corrected chi connectivity index (χ4v) is 4.49. The molecule has 0 N–H and O–H groups in total. The molecule has 0 spiro atoms. The zero-order valence-corrected chi connectivity index (χ0v) is 15.3. The van der Waals surface area contributed by atoms with Crippen molar-refractivity contribution in [3.05, 3.63) is 39.9 Å². The van der Waals surface area contributed by atoms with E-state index in [-0.39, 0.29) is 17.0 Å². The predicted octanol–water partition coefficient (Wildman–Crippen LogP) is 1.81. The van der Waals surface area contributed by atoms with E-state index in [0.717, 1.165) is 51.3 Å². The van der Waals surface area contributed by atoms with Crippen LogP contribution in [0.3, 0.4) is 0 Å². The largest absolute Gasteiger partial charge is 0.326 e. The molecule has 2 aliphatic heterocycles.